The molecular weight excluding hydrogens is 204 g/mol. The van der Waals surface area contributed by atoms with Gasteiger partial charge in [0.1, 0.15) is 0 Å². The molecule has 0 nitrogen and oxygen atoms in total. The van der Waals surface area contributed by atoms with Gasteiger partial charge in [-0.25, -0.2) is 0 Å². The number of aryl methyl sites for hydroxylation is 1. The van der Waals surface area contributed by atoms with Gasteiger partial charge in [0.2, 0.25) is 0 Å². The van der Waals surface area contributed by atoms with Gasteiger partial charge in [-0.05, 0) is 47.6 Å². The zero-order valence-electron chi connectivity index (χ0n) is 10.6. The van der Waals surface area contributed by atoms with Crippen molar-refractivity contribution in [3.63, 3.8) is 0 Å². The van der Waals surface area contributed by atoms with Crippen molar-refractivity contribution in [2.75, 3.05) is 0 Å². The van der Waals surface area contributed by atoms with Gasteiger partial charge in [-0.3, -0.25) is 0 Å². The Kier molecular flexibility index (Phi) is 2.88. The molecule has 0 atom stereocenters. The van der Waals surface area contributed by atoms with E-state index >= 15 is 0 Å². The standard InChI is InChI=1S/C17H20/c1-13-11-16(14-7-3-2-4-8-14)12-15-9-5-6-10-17(13)15/h5-6,9-12,14H,2-4,7-8H2,1H3. The maximum Gasteiger partial charge on any atom is -0.0155 e. The van der Waals surface area contributed by atoms with Crippen LogP contribution >= 0.6 is 0 Å². The van der Waals surface area contributed by atoms with Crippen molar-refractivity contribution >= 4 is 10.8 Å². The van der Waals surface area contributed by atoms with E-state index in [2.05, 4.69) is 43.3 Å². The topological polar surface area (TPSA) is 0 Å². The molecular formula is C17H20. The molecule has 0 unspecified atom stereocenters. The van der Waals surface area contributed by atoms with Gasteiger partial charge in [-0.1, -0.05) is 55.7 Å². The van der Waals surface area contributed by atoms with Gasteiger partial charge in [0, 0.05) is 0 Å². The van der Waals surface area contributed by atoms with E-state index in [4.69, 9.17) is 0 Å². The van der Waals surface area contributed by atoms with Gasteiger partial charge in [0.25, 0.3) is 0 Å². The molecule has 2 aromatic rings. The van der Waals surface area contributed by atoms with Crippen LogP contribution in [0.25, 0.3) is 10.8 Å². The highest BCUT2D eigenvalue weighted by Crippen LogP contribution is 2.34. The number of fused-ring (bicyclic) bond motifs is 1. The maximum absolute atomic E-state index is 2.42. The molecule has 0 heteroatoms. The minimum atomic E-state index is 0.812. The highest BCUT2D eigenvalue weighted by Gasteiger charge is 2.16. The molecule has 17 heavy (non-hydrogen) atoms. The third-order valence-corrected chi connectivity index (χ3v) is 4.17. The summed E-state index contributed by atoms with van der Waals surface area (Å²) in [4.78, 5) is 0. The van der Waals surface area contributed by atoms with E-state index in [-0.39, 0.29) is 0 Å². The average molecular weight is 224 g/mol. The fourth-order valence-corrected chi connectivity index (χ4v) is 3.20. The van der Waals surface area contributed by atoms with Crippen molar-refractivity contribution in [3.8, 4) is 0 Å². The number of benzene rings is 2. The van der Waals surface area contributed by atoms with Crippen LogP contribution in [-0.2, 0) is 0 Å². The average Bonchev–Trinajstić information content (AvgIpc) is 2.40. The molecule has 1 aliphatic rings. The summed E-state index contributed by atoms with van der Waals surface area (Å²) in [6, 6.07) is 13.6. The number of rotatable bonds is 1. The maximum atomic E-state index is 2.42. The number of hydrogen-bond donors (Lipinski definition) is 0. The van der Waals surface area contributed by atoms with Gasteiger partial charge < -0.3 is 0 Å². The third-order valence-electron chi connectivity index (χ3n) is 4.17. The first-order valence-corrected chi connectivity index (χ1v) is 6.84. The lowest BCUT2D eigenvalue weighted by molar-refractivity contribution is 0.444. The summed E-state index contributed by atoms with van der Waals surface area (Å²) in [6.07, 6.45) is 7.03. The molecule has 0 saturated heterocycles. The van der Waals surface area contributed by atoms with Crippen molar-refractivity contribution in [3.05, 3.63) is 47.5 Å². The second-order valence-corrected chi connectivity index (χ2v) is 5.39. The zero-order chi connectivity index (χ0) is 11.7. The van der Waals surface area contributed by atoms with Crippen LogP contribution in [0.5, 0.6) is 0 Å². The molecule has 0 bridgehead atoms. The van der Waals surface area contributed by atoms with Crippen molar-refractivity contribution in [2.24, 2.45) is 0 Å². The molecule has 88 valence electrons. The molecule has 0 heterocycles. The molecule has 0 aromatic heterocycles. The van der Waals surface area contributed by atoms with Crippen LogP contribution in [-0.4, -0.2) is 0 Å². The monoisotopic (exact) mass is 224 g/mol. The molecule has 0 spiro atoms. The molecule has 0 aliphatic heterocycles. The van der Waals surface area contributed by atoms with Crippen LogP contribution in [0.1, 0.15) is 49.1 Å². The first-order chi connectivity index (χ1) is 8.34. The molecule has 1 aliphatic carbocycles. The third kappa shape index (κ3) is 2.09. The Morgan fingerprint density at radius 1 is 0.941 bits per heavy atom. The van der Waals surface area contributed by atoms with E-state index in [1.54, 1.807) is 5.56 Å². The van der Waals surface area contributed by atoms with Gasteiger partial charge in [-0.15, -0.1) is 0 Å². The summed E-state index contributed by atoms with van der Waals surface area (Å²) in [7, 11) is 0. The van der Waals surface area contributed by atoms with Crippen LogP contribution in [0.2, 0.25) is 0 Å². The Bertz CT molecular complexity index is 519. The first kappa shape index (κ1) is 10.8. The number of hydrogen-bond acceptors (Lipinski definition) is 0. The molecule has 0 N–H and O–H groups in total. The summed E-state index contributed by atoms with van der Waals surface area (Å²) < 4.78 is 0. The fourth-order valence-electron chi connectivity index (χ4n) is 3.20. The Balaban J connectivity index is 2.05. The van der Waals surface area contributed by atoms with Crippen LogP contribution in [0, 0.1) is 6.92 Å². The molecule has 1 fully saturated rings. The second kappa shape index (κ2) is 4.52. The van der Waals surface area contributed by atoms with E-state index < -0.39 is 0 Å². The zero-order valence-corrected chi connectivity index (χ0v) is 10.6. The lowest BCUT2D eigenvalue weighted by Crippen LogP contribution is -2.04. The van der Waals surface area contributed by atoms with Crippen LogP contribution < -0.4 is 0 Å². The Morgan fingerprint density at radius 2 is 1.71 bits per heavy atom. The summed E-state index contributed by atoms with van der Waals surface area (Å²) in [5, 5.41) is 2.82. The minimum absolute atomic E-state index is 0.812. The summed E-state index contributed by atoms with van der Waals surface area (Å²) in [5.74, 6) is 0.812. The summed E-state index contributed by atoms with van der Waals surface area (Å²) in [5.41, 5.74) is 3.00. The summed E-state index contributed by atoms with van der Waals surface area (Å²) in [6.45, 7) is 2.24. The normalized spacial score (nSPS) is 17.5. The molecule has 0 radical (unpaired) electrons. The predicted molar refractivity (Wildman–Crippen MR) is 74.5 cm³/mol. The van der Waals surface area contributed by atoms with E-state index in [0.717, 1.165) is 5.92 Å². The van der Waals surface area contributed by atoms with Gasteiger partial charge in [-0.2, -0.15) is 0 Å². The molecule has 3 rings (SSSR count). The lowest BCUT2D eigenvalue weighted by atomic mass is 9.83. The Morgan fingerprint density at radius 3 is 2.53 bits per heavy atom. The van der Waals surface area contributed by atoms with Gasteiger partial charge in [0.15, 0.2) is 0 Å². The summed E-state index contributed by atoms with van der Waals surface area (Å²) >= 11 is 0. The van der Waals surface area contributed by atoms with Gasteiger partial charge >= 0.3 is 0 Å². The van der Waals surface area contributed by atoms with Crippen LogP contribution in [0.15, 0.2) is 36.4 Å². The first-order valence-electron chi connectivity index (χ1n) is 6.84. The SMILES string of the molecule is Cc1cc(C2CCCCC2)cc2ccccc12. The van der Waals surface area contributed by atoms with Crippen molar-refractivity contribution in [1.82, 2.24) is 0 Å². The Labute approximate surface area is 104 Å². The van der Waals surface area contributed by atoms with Crippen LogP contribution in [0.3, 0.4) is 0 Å². The fraction of sp³-hybridized carbons (Fsp3) is 0.412. The van der Waals surface area contributed by atoms with Crippen LogP contribution in [0.4, 0.5) is 0 Å². The van der Waals surface area contributed by atoms with E-state index in [1.807, 2.05) is 0 Å². The highest BCUT2D eigenvalue weighted by atomic mass is 14.2. The largest absolute Gasteiger partial charge is 0.0616 e. The van der Waals surface area contributed by atoms with Crippen molar-refractivity contribution in [1.29, 1.82) is 0 Å². The minimum Gasteiger partial charge on any atom is -0.0616 e. The molecule has 1 saturated carbocycles. The molecule has 2 aromatic carbocycles. The van der Waals surface area contributed by atoms with Crippen molar-refractivity contribution < 1.29 is 0 Å². The van der Waals surface area contributed by atoms with E-state index in [0.29, 0.717) is 0 Å². The Hall–Kier alpha value is -1.30. The van der Waals surface area contributed by atoms with Gasteiger partial charge in [0.05, 0.1) is 0 Å². The smallest absolute Gasteiger partial charge is 0.0155 e. The van der Waals surface area contributed by atoms with Crippen molar-refractivity contribution in [2.45, 2.75) is 44.9 Å². The quantitative estimate of drug-likeness (QED) is 0.625. The lowest BCUT2D eigenvalue weighted by Gasteiger charge is -2.23. The second-order valence-electron chi connectivity index (χ2n) is 5.39. The molecule has 0 amide bonds. The van der Waals surface area contributed by atoms with E-state index in [1.165, 1.54) is 48.4 Å². The highest BCUT2D eigenvalue weighted by molar-refractivity contribution is 5.86. The predicted octanol–water partition coefficient (Wildman–Crippen LogP) is 5.20. The van der Waals surface area contributed by atoms with E-state index in [9.17, 15) is 0 Å².